The van der Waals surface area contributed by atoms with Crippen molar-refractivity contribution in [1.29, 1.82) is 0 Å². The van der Waals surface area contributed by atoms with Crippen molar-refractivity contribution in [3.05, 3.63) is 12.2 Å². The number of allylic oxidation sites excluding steroid dienone is 1. The largest absolute Gasteiger partial charge is 0.463 e. The van der Waals surface area contributed by atoms with E-state index in [-0.39, 0.29) is 5.97 Å². The molecular formula is C8H14O2. The molecule has 0 aliphatic heterocycles. The highest BCUT2D eigenvalue weighted by molar-refractivity contribution is 5.81. The molecule has 0 bridgehead atoms. The van der Waals surface area contributed by atoms with Crippen LogP contribution in [0, 0.1) is 0 Å². The second-order valence-electron chi connectivity index (χ2n) is 1.98. The molecule has 0 saturated heterocycles. The molecule has 0 aromatic rings. The van der Waals surface area contributed by atoms with Gasteiger partial charge in [0.25, 0.3) is 0 Å². The Morgan fingerprint density at radius 3 is 2.70 bits per heavy atom. The van der Waals surface area contributed by atoms with Crippen molar-refractivity contribution in [2.24, 2.45) is 0 Å². The molecule has 10 heavy (non-hydrogen) atoms. The summed E-state index contributed by atoms with van der Waals surface area (Å²) >= 11 is 0. The summed E-state index contributed by atoms with van der Waals surface area (Å²) in [5, 5.41) is 0. The van der Waals surface area contributed by atoms with E-state index in [1.165, 1.54) is 6.08 Å². The summed E-state index contributed by atoms with van der Waals surface area (Å²) in [5.74, 6) is -0.233. The summed E-state index contributed by atoms with van der Waals surface area (Å²) in [6.45, 7) is 4.47. The average Bonchev–Trinajstić information content (AvgIpc) is 1.97. The molecule has 0 atom stereocenters. The van der Waals surface area contributed by atoms with Gasteiger partial charge in [-0.05, 0) is 12.8 Å². The Labute approximate surface area is 61.9 Å². The molecule has 0 radical (unpaired) electrons. The lowest BCUT2D eigenvalue weighted by molar-refractivity contribution is -0.137. The highest BCUT2D eigenvalue weighted by atomic mass is 16.5. The molecule has 0 aliphatic carbocycles. The molecule has 0 fully saturated rings. The van der Waals surface area contributed by atoms with Gasteiger partial charge in [-0.25, -0.2) is 4.79 Å². The molecule has 0 aromatic carbocycles. The summed E-state index contributed by atoms with van der Waals surface area (Å²) < 4.78 is 4.77. The van der Waals surface area contributed by atoms with Gasteiger partial charge in [0, 0.05) is 6.08 Å². The van der Waals surface area contributed by atoms with Crippen molar-refractivity contribution in [3.8, 4) is 0 Å². The maximum Gasteiger partial charge on any atom is 0.330 e. The molecule has 0 saturated carbocycles. The highest BCUT2D eigenvalue weighted by Crippen LogP contribution is 1.86. The van der Waals surface area contributed by atoms with Gasteiger partial charge in [-0.3, -0.25) is 0 Å². The Morgan fingerprint density at radius 2 is 2.20 bits per heavy atom. The SMILES string of the molecule is CCC=CC(=O)OCCC. The fourth-order valence-corrected chi connectivity index (χ4v) is 0.465. The quantitative estimate of drug-likeness (QED) is 0.442. The van der Waals surface area contributed by atoms with E-state index in [9.17, 15) is 4.79 Å². The minimum absolute atomic E-state index is 0.233. The molecule has 0 spiro atoms. The van der Waals surface area contributed by atoms with Crippen LogP contribution in [-0.2, 0) is 9.53 Å². The van der Waals surface area contributed by atoms with E-state index in [2.05, 4.69) is 0 Å². The van der Waals surface area contributed by atoms with Crippen molar-refractivity contribution >= 4 is 5.97 Å². The number of ether oxygens (including phenoxy) is 1. The number of rotatable bonds is 4. The predicted octanol–water partition coefficient (Wildman–Crippen LogP) is 1.91. The third-order valence-corrected chi connectivity index (χ3v) is 0.938. The molecule has 2 nitrogen and oxygen atoms in total. The number of esters is 1. The molecule has 0 aliphatic rings. The van der Waals surface area contributed by atoms with Gasteiger partial charge in [0.2, 0.25) is 0 Å². The zero-order valence-corrected chi connectivity index (χ0v) is 6.59. The van der Waals surface area contributed by atoms with Crippen LogP contribution in [0.25, 0.3) is 0 Å². The monoisotopic (exact) mass is 142 g/mol. The Hall–Kier alpha value is -0.790. The van der Waals surface area contributed by atoms with Gasteiger partial charge in [0.1, 0.15) is 0 Å². The Kier molecular flexibility index (Phi) is 5.83. The van der Waals surface area contributed by atoms with E-state index in [0.29, 0.717) is 6.61 Å². The molecule has 0 rings (SSSR count). The Morgan fingerprint density at radius 1 is 1.50 bits per heavy atom. The zero-order chi connectivity index (χ0) is 7.82. The molecule has 58 valence electrons. The van der Waals surface area contributed by atoms with Gasteiger partial charge >= 0.3 is 5.97 Å². The summed E-state index contributed by atoms with van der Waals surface area (Å²) in [7, 11) is 0. The van der Waals surface area contributed by atoms with Gasteiger partial charge in [0.15, 0.2) is 0 Å². The first-order valence-corrected chi connectivity index (χ1v) is 3.64. The number of hydrogen-bond donors (Lipinski definition) is 0. The second kappa shape index (κ2) is 6.33. The Bertz CT molecular complexity index is 116. The highest BCUT2D eigenvalue weighted by Gasteiger charge is 1.91. The number of hydrogen-bond acceptors (Lipinski definition) is 2. The van der Waals surface area contributed by atoms with Crippen LogP contribution in [-0.4, -0.2) is 12.6 Å². The van der Waals surface area contributed by atoms with E-state index in [1.807, 2.05) is 13.8 Å². The Balaban J connectivity index is 3.34. The summed E-state index contributed by atoms with van der Waals surface area (Å²) in [6, 6.07) is 0. The zero-order valence-electron chi connectivity index (χ0n) is 6.59. The third kappa shape index (κ3) is 5.35. The molecule has 2 heteroatoms. The topological polar surface area (TPSA) is 26.3 Å². The lowest BCUT2D eigenvalue weighted by Crippen LogP contribution is -2.00. The van der Waals surface area contributed by atoms with Crippen molar-refractivity contribution in [2.75, 3.05) is 6.61 Å². The molecule has 0 unspecified atom stereocenters. The normalized spacial score (nSPS) is 10.2. The minimum atomic E-state index is -0.233. The standard InChI is InChI=1S/C8H14O2/c1-3-5-6-8(9)10-7-4-2/h5-6H,3-4,7H2,1-2H3. The summed E-state index contributed by atoms with van der Waals surface area (Å²) in [4.78, 5) is 10.7. The van der Waals surface area contributed by atoms with Crippen molar-refractivity contribution < 1.29 is 9.53 Å². The first-order chi connectivity index (χ1) is 4.81. The lowest BCUT2D eigenvalue weighted by Gasteiger charge is -1.95. The number of carbonyl (C=O) groups is 1. The predicted molar refractivity (Wildman–Crippen MR) is 40.7 cm³/mol. The van der Waals surface area contributed by atoms with E-state index in [1.54, 1.807) is 6.08 Å². The van der Waals surface area contributed by atoms with Gasteiger partial charge in [-0.2, -0.15) is 0 Å². The van der Waals surface area contributed by atoms with E-state index in [0.717, 1.165) is 12.8 Å². The van der Waals surface area contributed by atoms with Gasteiger partial charge in [-0.15, -0.1) is 0 Å². The van der Waals surface area contributed by atoms with E-state index >= 15 is 0 Å². The van der Waals surface area contributed by atoms with Crippen LogP contribution in [0.5, 0.6) is 0 Å². The summed E-state index contributed by atoms with van der Waals surface area (Å²) in [6.07, 6.45) is 5.01. The maximum atomic E-state index is 10.7. The van der Waals surface area contributed by atoms with E-state index in [4.69, 9.17) is 4.74 Å². The molecule has 0 aromatic heterocycles. The minimum Gasteiger partial charge on any atom is -0.463 e. The van der Waals surface area contributed by atoms with Crippen molar-refractivity contribution in [1.82, 2.24) is 0 Å². The lowest BCUT2D eigenvalue weighted by atomic mass is 10.4. The van der Waals surface area contributed by atoms with E-state index < -0.39 is 0 Å². The van der Waals surface area contributed by atoms with Crippen molar-refractivity contribution in [2.45, 2.75) is 26.7 Å². The first kappa shape index (κ1) is 9.21. The molecular weight excluding hydrogens is 128 g/mol. The average molecular weight is 142 g/mol. The maximum absolute atomic E-state index is 10.7. The second-order valence-corrected chi connectivity index (χ2v) is 1.98. The molecule has 0 amide bonds. The first-order valence-electron chi connectivity index (χ1n) is 3.64. The van der Waals surface area contributed by atoms with Crippen LogP contribution >= 0.6 is 0 Å². The van der Waals surface area contributed by atoms with Crippen LogP contribution in [0.1, 0.15) is 26.7 Å². The van der Waals surface area contributed by atoms with Crippen LogP contribution in [0.2, 0.25) is 0 Å². The van der Waals surface area contributed by atoms with Crippen LogP contribution in [0.3, 0.4) is 0 Å². The molecule has 0 heterocycles. The number of carbonyl (C=O) groups excluding carboxylic acids is 1. The van der Waals surface area contributed by atoms with Crippen molar-refractivity contribution in [3.63, 3.8) is 0 Å². The molecule has 0 N–H and O–H groups in total. The fourth-order valence-electron chi connectivity index (χ4n) is 0.465. The van der Waals surface area contributed by atoms with Crippen LogP contribution in [0.15, 0.2) is 12.2 Å². The summed E-state index contributed by atoms with van der Waals surface area (Å²) in [5.41, 5.74) is 0. The fraction of sp³-hybridized carbons (Fsp3) is 0.625. The van der Waals surface area contributed by atoms with Gasteiger partial charge < -0.3 is 4.74 Å². The van der Waals surface area contributed by atoms with Crippen LogP contribution < -0.4 is 0 Å². The van der Waals surface area contributed by atoms with Gasteiger partial charge in [-0.1, -0.05) is 19.9 Å². The smallest absolute Gasteiger partial charge is 0.330 e. The third-order valence-electron chi connectivity index (χ3n) is 0.938. The van der Waals surface area contributed by atoms with Crippen LogP contribution in [0.4, 0.5) is 0 Å². The van der Waals surface area contributed by atoms with Gasteiger partial charge in [0.05, 0.1) is 6.61 Å².